The molecule has 0 spiro atoms. The third kappa shape index (κ3) is 2.36. The SMILES string of the molecule is COCc1ncsc1-c1nc(C2(c3ccncc3)CCC2)no1. The fraction of sp³-hybridized carbons (Fsp3) is 0.375. The minimum Gasteiger partial charge on any atom is -0.378 e. The molecule has 0 bridgehead atoms. The summed E-state index contributed by atoms with van der Waals surface area (Å²) >= 11 is 1.49. The van der Waals surface area contributed by atoms with E-state index in [0.717, 1.165) is 29.2 Å². The molecule has 118 valence electrons. The van der Waals surface area contributed by atoms with Crippen molar-refractivity contribution in [3.8, 4) is 10.8 Å². The van der Waals surface area contributed by atoms with Crippen molar-refractivity contribution in [3.63, 3.8) is 0 Å². The first-order valence-corrected chi connectivity index (χ1v) is 8.38. The second-order valence-electron chi connectivity index (χ2n) is 5.66. The molecule has 4 rings (SSSR count). The topological polar surface area (TPSA) is 73.9 Å². The number of thiazole rings is 1. The molecule has 0 N–H and O–H groups in total. The van der Waals surface area contributed by atoms with Crippen LogP contribution >= 0.6 is 11.3 Å². The van der Waals surface area contributed by atoms with Gasteiger partial charge in [-0.15, -0.1) is 11.3 Å². The van der Waals surface area contributed by atoms with Crippen LogP contribution in [0.25, 0.3) is 10.8 Å². The molecule has 6 nitrogen and oxygen atoms in total. The molecule has 3 heterocycles. The van der Waals surface area contributed by atoms with E-state index < -0.39 is 0 Å². The average Bonchev–Trinajstić information content (AvgIpc) is 3.17. The number of methoxy groups -OCH3 is 1. The Bertz CT molecular complexity index is 795. The number of aromatic nitrogens is 4. The summed E-state index contributed by atoms with van der Waals surface area (Å²) in [6, 6.07) is 4.08. The van der Waals surface area contributed by atoms with Gasteiger partial charge in [-0.3, -0.25) is 4.98 Å². The Labute approximate surface area is 137 Å². The van der Waals surface area contributed by atoms with Crippen LogP contribution < -0.4 is 0 Å². The van der Waals surface area contributed by atoms with Crippen LogP contribution in [-0.4, -0.2) is 27.2 Å². The molecule has 0 aromatic carbocycles. The van der Waals surface area contributed by atoms with Gasteiger partial charge in [-0.05, 0) is 30.5 Å². The first kappa shape index (κ1) is 14.5. The van der Waals surface area contributed by atoms with Crippen molar-refractivity contribution in [2.45, 2.75) is 31.3 Å². The number of nitrogens with zero attached hydrogens (tertiary/aromatic N) is 4. The van der Waals surface area contributed by atoms with Crippen molar-refractivity contribution in [1.82, 2.24) is 20.1 Å². The average molecular weight is 328 g/mol. The van der Waals surface area contributed by atoms with Crippen LogP contribution in [0.5, 0.6) is 0 Å². The quantitative estimate of drug-likeness (QED) is 0.716. The van der Waals surface area contributed by atoms with Crippen LogP contribution in [0, 0.1) is 0 Å². The van der Waals surface area contributed by atoms with Gasteiger partial charge in [-0.25, -0.2) is 4.98 Å². The molecule has 0 saturated heterocycles. The summed E-state index contributed by atoms with van der Waals surface area (Å²) in [6.45, 7) is 0.437. The summed E-state index contributed by atoms with van der Waals surface area (Å²) in [6.07, 6.45) is 6.86. The molecule has 23 heavy (non-hydrogen) atoms. The van der Waals surface area contributed by atoms with Crippen molar-refractivity contribution in [2.75, 3.05) is 7.11 Å². The molecule has 1 aliphatic carbocycles. The lowest BCUT2D eigenvalue weighted by atomic mass is 9.64. The van der Waals surface area contributed by atoms with Crippen LogP contribution in [0.3, 0.4) is 0 Å². The molecule has 1 saturated carbocycles. The van der Waals surface area contributed by atoms with Crippen molar-refractivity contribution >= 4 is 11.3 Å². The highest BCUT2D eigenvalue weighted by atomic mass is 32.1. The van der Waals surface area contributed by atoms with Crippen LogP contribution in [0.2, 0.25) is 0 Å². The number of hydrogen-bond acceptors (Lipinski definition) is 7. The van der Waals surface area contributed by atoms with Gasteiger partial charge in [0.2, 0.25) is 0 Å². The normalized spacial score (nSPS) is 16.2. The number of ether oxygens (including phenoxy) is 1. The van der Waals surface area contributed by atoms with E-state index in [9.17, 15) is 0 Å². The molecule has 0 aliphatic heterocycles. The maximum atomic E-state index is 5.54. The zero-order chi connectivity index (χ0) is 15.7. The van der Waals surface area contributed by atoms with Crippen molar-refractivity contribution in [1.29, 1.82) is 0 Å². The molecule has 7 heteroatoms. The number of hydrogen-bond donors (Lipinski definition) is 0. The van der Waals surface area contributed by atoms with Gasteiger partial charge in [0.25, 0.3) is 5.89 Å². The Morgan fingerprint density at radius 3 is 2.83 bits per heavy atom. The molecular formula is C16H16N4O2S. The van der Waals surface area contributed by atoms with Gasteiger partial charge in [-0.2, -0.15) is 4.98 Å². The third-order valence-corrected chi connectivity index (χ3v) is 5.27. The van der Waals surface area contributed by atoms with E-state index >= 15 is 0 Å². The van der Waals surface area contributed by atoms with E-state index in [1.807, 2.05) is 24.5 Å². The standard InChI is InChI=1S/C16H16N4O2S/c1-21-9-12-13(23-10-18-12)14-19-15(20-22-14)16(5-2-6-16)11-3-7-17-8-4-11/h3-4,7-8,10H,2,5-6,9H2,1H3. The minimum absolute atomic E-state index is 0.142. The van der Waals surface area contributed by atoms with Gasteiger partial charge in [0.1, 0.15) is 4.88 Å². The summed E-state index contributed by atoms with van der Waals surface area (Å²) in [5.41, 5.74) is 3.67. The van der Waals surface area contributed by atoms with E-state index in [1.165, 1.54) is 23.3 Å². The zero-order valence-corrected chi connectivity index (χ0v) is 13.5. The predicted octanol–water partition coefficient (Wildman–Crippen LogP) is 3.20. The van der Waals surface area contributed by atoms with Crippen LogP contribution in [-0.2, 0) is 16.8 Å². The molecule has 0 amide bonds. The van der Waals surface area contributed by atoms with Crippen molar-refractivity contribution in [2.24, 2.45) is 0 Å². The van der Waals surface area contributed by atoms with Crippen LogP contribution in [0.15, 0.2) is 34.6 Å². The summed E-state index contributed by atoms with van der Waals surface area (Å²) in [7, 11) is 1.65. The highest BCUT2D eigenvalue weighted by molar-refractivity contribution is 7.13. The maximum Gasteiger partial charge on any atom is 0.270 e. The Hall–Kier alpha value is -2.12. The molecule has 1 fully saturated rings. The number of pyridine rings is 1. The first-order chi connectivity index (χ1) is 11.3. The van der Waals surface area contributed by atoms with Gasteiger partial charge in [0.05, 0.1) is 23.2 Å². The van der Waals surface area contributed by atoms with Gasteiger partial charge in [0, 0.05) is 19.5 Å². The van der Waals surface area contributed by atoms with E-state index in [-0.39, 0.29) is 5.41 Å². The molecule has 0 unspecified atom stereocenters. The van der Waals surface area contributed by atoms with E-state index in [0.29, 0.717) is 12.5 Å². The summed E-state index contributed by atoms with van der Waals surface area (Å²) in [5, 5.41) is 4.28. The molecule has 0 radical (unpaired) electrons. The van der Waals surface area contributed by atoms with E-state index in [4.69, 9.17) is 9.26 Å². The molecule has 1 aliphatic rings. The van der Waals surface area contributed by atoms with Crippen molar-refractivity contribution in [3.05, 3.63) is 47.1 Å². The third-order valence-electron chi connectivity index (χ3n) is 4.41. The van der Waals surface area contributed by atoms with E-state index in [1.54, 1.807) is 12.6 Å². The molecule has 3 aromatic rings. The Kier molecular flexibility index (Phi) is 3.66. The lowest BCUT2D eigenvalue weighted by Crippen LogP contribution is -2.36. The molecule has 0 atom stereocenters. The minimum atomic E-state index is -0.142. The molecule has 3 aromatic heterocycles. The highest BCUT2D eigenvalue weighted by Crippen LogP contribution is 2.48. The molecular weight excluding hydrogens is 312 g/mol. The fourth-order valence-corrected chi connectivity index (χ4v) is 3.75. The zero-order valence-electron chi connectivity index (χ0n) is 12.7. The summed E-state index contributed by atoms with van der Waals surface area (Å²) in [4.78, 5) is 14.0. The van der Waals surface area contributed by atoms with Crippen molar-refractivity contribution < 1.29 is 9.26 Å². The lowest BCUT2D eigenvalue weighted by Gasteiger charge is -2.39. The maximum absolute atomic E-state index is 5.54. The summed E-state index contributed by atoms with van der Waals surface area (Å²) < 4.78 is 10.7. The largest absolute Gasteiger partial charge is 0.378 e. The van der Waals surface area contributed by atoms with Gasteiger partial charge in [0.15, 0.2) is 5.82 Å². The van der Waals surface area contributed by atoms with Gasteiger partial charge >= 0.3 is 0 Å². The van der Waals surface area contributed by atoms with Crippen LogP contribution in [0.1, 0.15) is 36.3 Å². The van der Waals surface area contributed by atoms with E-state index in [2.05, 4.69) is 20.1 Å². The Morgan fingerprint density at radius 1 is 1.30 bits per heavy atom. The Morgan fingerprint density at radius 2 is 2.13 bits per heavy atom. The lowest BCUT2D eigenvalue weighted by molar-refractivity contribution is 0.182. The second-order valence-corrected chi connectivity index (χ2v) is 6.51. The predicted molar refractivity (Wildman–Crippen MR) is 85.0 cm³/mol. The first-order valence-electron chi connectivity index (χ1n) is 7.50. The second kappa shape index (κ2) is 5.82. The monoisotopic (exact) mass is 328 g/mol. The Balaban J connectivity index is 1.71. The fourth-order valence-electron chi connectivity index (χ4n) is 3.04. The number of rotatable bonds is 5. The van der Waals surface area contributed by atoms with Crippen LogP contribution in [0.4, 0.5) is 0 Å². The summed E-state index contributed by atoms with van der Waals surface area (Å²) in [5.74, 6) is 1.27. The highest BCUT2D eigenvalue weighted by Gasteiger charge is 2.44. The van der Waals surface area contributed by atoms with Gasteiger partial charge in [-0.1, -0.05) is 11.6 Å². The smallest absolute Gasteiger partial charge is 0.270 e. The van der Waals surface area contributed by atoms with Gasteiger partial charge < -0.3 is 9.26 Å².